The van der Waals surface area contributed by atoms with Crippen LogP contribution >= 0.6 is 11.8 Å². The van der Waals surface area contributed by atoms with Gasteiger partial charge in [0.15, 0.2) is 6.61 Å². The molecule has 0 bridgehead atoms. The molecule has 2 rings (SSSR count). The van der Waals surface area contributed by atoms with Crippen molar-refractivity contribution in [3.63, 3.8) is 0 Å². The molecule has 0 radical (unpaired) electrons. The van der Waals surface area contributed by atoms with Crippen LogP contribution in [-0.2, 0) is 20.9 Å². The third-order valence-electron chi connectivity index (χ3n) is 4.42. The summed E-state index contributed by atoms with van der Waals surface area (Å²) in [5, 5.41) is 12.1. The van der Waals surface area contributed by atoms with Crippen LogP contribution in [-0.4, -0.2) is 29.3 Å². The van der Waals surface area contributed by atoms with Crippen molar-refractivity contribution in [1.82, 2.24) is 4.57 Å². The van der Waals surface area contributed by atoms with E-state index >= 15 is 0 Å². The van der Waals surface area contributed by atoms with E-state index in [-0.39, 0.29) is 5.57 Å². The zero-order valence-corrected chi connectivity index (χ0v) is 17.9. The Morgan fingerprint density at radius 1 is 1.31 bits per heavy atom. The van der Waals surface area contributed by atoms with Crippen molar-refractivity contribution in [2.75, 3.05) is 18.2 Å². The first-order valence-corrected chi connectivity index (χ1v) is 10.5. The van der Waals surface area contributed by atoms with Crippen molar-refractivity contribution in [3.8, 4) is 6.07 Å². The van der Waals surface area contributed by atoms with E-state index in [0.717, 1.165) is 34.8 Å². The zero-order chi connectivity index (χ0) is 21.4. The lowest BCUT2D eigenvalue weighted by Crippen LogP contribution is -2.21. The fourth-order valence-corrected chi connectivity index (χ4v) is 3.53. The number of carbonyl (C=O) groups excluding carboxylic acids is 2. The molecular weight excluding hydrogens is 386 g/mol. The molecule has 1 aromatic heterocycles. The zero-order valence-electron chi connectivity index (χ0n) is 17.1. The predicted octanol–water partition coefficient (Wildman–Crippen LogP) is 4.33. The molecule has 152 valence electrons. The molecule has 0 saturated heterocycles. The molecule has 0 spiro atoms. The SMILES string of the molecule is CCCn1c(C)cc(/C=C(\C#N)C(=O)OCC(=O)Nc2ccccc2SC)c1C. The van der Waals surface area contributed by atoms with Crippen molar-refractivity contribution in [2.24, 2.45) is 0 Å². The van der Waals surface area contributed by atoms with Crippen LogP contribution in [0.15, 0.2) is 40.8 Å². The maximum Gasteiger partial charge on any atom is 0.349 e. The summed E-state index contributed by atoms with van der Waals surface area (Å²) in [7, 11) is 0. The first-order chi connectivity index (χ1) is 13.9. The van der Waals surface area contributed by atoms with Crippen LogP contribution in [0.2, 0.25) is 0 Å². The molecular formula is C22H25N3O3S. The Morgan fingerprint density at radius 3 is 2.69 bits per heavy atom. The van der Waals surface area contributed by atoms with Gasteiger partial charge in [-0.05, 0) is 56.4 Å². The number of hydrogen-bond acceptors (Lipinski definition) is 5. The number of rotatable bonds is 8. The van der Waals surface area contributed by atoms with Gasteiger partial charge in [-0.15, -0.1) is 11.8 Å². The molecule has 0 aliphatic carbocycles. The van der Waals surface area contributed by atoms with E-state index in [1.54, 1.807) is 6.07 Å². The molecule has 2 aromatic rings. The molecule has 0 atom stereocenters. The normalized spacial score (nSPS) is 11.1. The van der Waals surface area contributed by atoms with Crippen molar-refractivity contribution >= 4 is 35.4 Å². The maximum atomic E-state index is 12.3. The number of nitriles is 1. The standard InChI is InChI=1S/C22H25N3O3S/c1-5-10-25-15(2)11-17(16(25)3)12-18(13-23)22(27)28-14-21(26)24-19-8-6-7-9-20(19)29-4/h6-9,11-12H,5,10,14H2,1-4H3,(H,24,26)/b18-12+. The van der Waals surface area contributed by atoms with Crippen molar-refractivity contribution < 1.29 is 14.3 Å². The van der Waals surface area contributed by atoms with Gasteiger partial charge in [-0.2, -0.15) is 5.26 Å². The largest absolute Gasteiger partial charge is 0.451 e. The molecule has 6 nitrogen and oxygen atoms in total. The molecule has 0 aliphatic heterocycles. The Kier molecular flexibility index (Phi) is 8.10. The van der Waals surface area contributed by atoms with Gasteiger partial charge in [-0.25, -0.2) is 4.79 Å². The predicted molar refractivity (Wildman–Crippen MR) is 116 cm³/mol. The highest BCUT2D eigenvalue weighted by Gasteiger charge is 2.16. The molecule has 0 unspecified atom stereocenters. The number of benzene rings is 1. The summed E-state index contributed by atoms with van der Waals surface area (Å²) in [4.78, 5) is 25.3. The van der Waals surface area contributed by atoms with Gasteiger partial charge in [-0.1, -0.05) is 19.1 Å². The van der Waals surface area contributed by atoms with Crippen LogP contribution < -0.4 is 5.32 Å². The van der Waals surface area contributed by atoms with Gasteiger partial charge in [0.25, 0.3) is 5.91 Å². The first kappa shape index (κ1) is 22.3. The Hall–Kier alpha value is -2.98. The van der Waals surface area contributed by atoms with Crippen LogP contribution in [0, 0.1) is 25.2 Å². The van der Waals surface area contributed by atoms with Gasteiger partial charge < -0.3 is 14.6 Å². The van der Waals surface area contributed by atoms with Crippen molar-refractivity contribution in [1.29, 1.82) is 5.26 Å². The Morgan fingerprint density at radius 2 is 2.03 bits per heavy atom. The van der Waals surface area contributed by atoms with Gasteiger partial charge >= 0.3 is 5.97 Å². The molecule has 0 fully saturated rings. The van der Waals surface area contributed by atoms with Crippen LogP contribution in [0.25, 0.3) is 6.08 Å². The highest BCUT2D eigenvalue weighted by atomic mass is 32.2. The number of para-hydroxylation sites is 1. The van der Waals surface area contributed by atoms with E-state index in [4.69, 9.17) is 4.74 Å². The second-order valence-corrected chi connectivity index (χ2v) is 7.32. The van der Waals surface area contributed by atoms with Crippen LogP contribution in [0.1, 0.15) is 30.3 Å². The monoisotopic (exact) mass is 411 g/mol. The molecule has 7 heteroatoms. The number of thioether (sulfide) groups is 1. The second-order valence-electron chi connectivity index (χ2n) is 6.47. The summed E-state index contributed by atoms with van der Waals surface area (Å²) in [5.41, 5.74) is 3.35. The quantitative estimate of drug-likeness (QED) is 0.303. The molecule has 1 amide bonds. The Balaban J connectivity index is 2.05. The number of anilines is 1. The topological polar surface area (TPSA) is 84.1 Å². The van der Waals surface area contributed by atoms with Crippen LogP contribution in [0.3, 0.4) is 0 Å². The average molecular weight is 412 g/mol. The molecule has 0 saturated carbocycles. The van der Waals surface area contributed by atoms with Gasteiger partial charge in [0.2, 0.25) is 0 Å². The Bertz CT molecular complexity index is 970. The number of aryl methyl sites for hydroxylation is 1. The number of nitrogens with zero attached hydrogens (tertiary/aromatic N) is 2. The number of aromatic nitrogens is 1. The van der Waals surface area contributed by atoms with E-state index in [2.05, 4.69) is 16.8 Å². The fraction of sp³-hybridized carbons (Fsp3) is 0.318. The number of hydrogen-bond donors (Lipinski definition) is 1. The molecule has 29 heavy (non-hydrogen) atoms. The van der Waals surface area contributed by atoms with E-state index in [9.17, 15) is 14.9 Å². The van der Waals surface area contributed by atoms with E-state index in [0.29, 0.717) is 5.69 Å². The maximum absolute atomic E-state index is 12.3. The number of esters is 1. The van der Waals surface area contributed by atoms with Crippen LogP contribution in [0.5, 0.6) is 0 Å². The van der Waals surface area contributed by atoms with E-state index in [1.165, 1.54) is 17.8 Å². The highest BCUT2D eigenvalue weighted by Crippen LogP contribution is 2.24. The van der Waals surface area contributed by atoms with Gasteiger partial charge in [-0.3, -0.25) is 4.79 Å². The van der Waals surface area contributed by atoms with E-state index in [1.807, 2.05) is 50.4 Å². The summed E-state index contributed by atoms with van der Waals surface area (Å²) < 4.78 is 7.19. The van der Waals surface area contributed by atoms with Gasteiger partial charge in [0.05, 0.1) is 5.69 Å². The Labute approximate surface area is 175 Å². The third kappa shape index (κ3) is 5.75. The number of ether oxygens (including phenoxy) is 1. The van der Waals surface area contributed by atoms with Crippen molar-refractivity contribution in [2.45, 2.75) is 38.6 Å². The minimum atomic E-state index is -0.818. The van der Waals surface area contributed by atoms with Crippen LogP contribution in [0.4, 0.5) is 5.69 Å². The lowest BCUT2D eigenvalue weighted by Gasteiger charge is -2.09. The summed E-state index contributed by atoms with van der Waals surface area (Å²) in [6.45, 7) is 6.44. The summed E-state index contributed by atoms with van der Waals surface area (Å²) in [6.07, 6.45) is 4.41. The second kappa shape index (κ2) is 10.5. The highest BCUT2D eigenvalue weighted by molar-refractivity contribution is 7.98. The average Bonchev–Trinajstić information content (AvgIpc) is 2.98. The van der Waals surface area contributed by atoms with Gasteiger partial charge in [0.1, 0.15) is 11.6 Å². The summed E-state index contributed by atoms with van der Waals surface area (Å²) >= 11 is 1.50. The summed E-state index contributed by atoms with van der Waals surface area (Å²) in [6, 6.07) is 11.2. The minimum absolute atomic E-state index is 0.140. The van der Waals surface area contributed by atoms with Crippen molar-refractivity contribution in [3.05, 3.63) is 52.9 Å². The first-order valence-electron chi connectivity index (χ1n) is 9.29. The minimum Gasteiger partial charge on any atom is -0.451 e. The number of amides is 1. The molecule has 1 N–H and O–H groups in total. The third-order valence-corrected chi connectivity index (χ3v) is 5.21. The number of nitrogens with one attached hydrogen (secondary N) is 1. The smallest absolute Gasteiger partial charge is 0.349 e. The van der Waals surface area contributed by atoms with E-state index < -0.39 is 18.5 Å². The van der Waals surface area contributed by atoms with Gasteiger partial charge in [0, 0.05) is 22.8 Å². The molecule has 1 heterocycles. The molecule has 1 aromatic carbocycles. The molecule has 0 aliphatic rings. The fourth-order valence-electron chi connectivity index (χ4n) is 2.98. The summed E-state index contributed by atoms with van der Waals surface area (Å²) in [5.74, 6) is -1.28. The lowest BCUT2D eigenvalue weighted by atomic mass is 10.1. The number of carbonyl (C=O) groups is 2. The lowest BCUT2D eigenvalue weighted by molar-refractivity contribution is -0.142.